The summed E-state index contributed by atoms with van der Waals surface area (Å²) in [6.45, 7) is 8.29. The first-order chi connectivity index (χ1) is 12.0. The van der Waals surface area contributed by atoms with Crippen LogP contribution in [0.5, 0.6) is 0 Å². The number of nitrogens with one attached hydrogen (secondary N) is 2. The molecule has 0 saturated carbocycles. The Morgan fingerprint density at radius 1 is 1.23 bits per heavy atom. The molecule has 6 nitrogen and oxygen atoms in total. The summed E-state index contributed by atoms with van der Waals surface area (Å²) in [6.07, 6.45) is -1.18. The molecule has 1 atom stereocenters. The second-order valence-corrected chi connectivity index (χ2v) is 7.96. The molecule has 1 heterocycles. The number of thiophene rings is 1. The number of rotatable bonds is 3. The van der Waals surface area contributed by atoms with Crippen molar-refractivity contribution in [2.75, 3.05) is 0 Å². The first kappa shape index (κ1) is 19.8. The van der Waals surface area contributed by atoms with Gasteiger partial charge in [0, 0.05) is 15.6 Å². The first-order valence-corrected chi connectivity index (χ1v) is 8.83. The van der Waals surface area contributed by atoms with Gasteiger partial charge in [0.1, 0.15) is 10.7 Å². The highest BCUT2D eigenvalue weighted by Crippen LogP contribution is 2.33. The van der Waals surface area contributed by atoms with Crippen molar-refractivity contribution in [3.63, 3.8) is 0 Å². The van der Waals surface area contributed by atoms with E-state index in [9.17, 15) is 18.8 Å². The minimum Gasteiger partial charge on any atom is -0.448 e. The molecular weight excluding hydrogens is 359 g/mol. The molecule has 1 aromatic carbocycles. The van der Waals surface area contributed by atoms with Crippen molar-refractivity contribution in [1.29, 1.82) is 0 Å². The van der Waals surface area contributed by atoms with Crippen molar-refractivity contribution in [1.82, 2.24) is 10.6 Å². The number of hydrogen-bond acceptors (Lipinski definition) is 5. The fraction of sp³-hybridized carbons (Fsp3) is 0.389. The summed E-state index contributed by atoms with van der Waals surface area (Å²) in [5.41, 5.74) is -0.0473. The Morgan fingerprint density at radius 3 is 2.46 bits per heavy atom. The molecule has 2 aromatic rings. The Labute approximate surface area is 154 Å². The number of hydrogen-bond donors (Lipinski definition) is 2. The number of benzene rings is 1. The predicted octanol–water partition coefficient (Wildman–Crippen LogP) is 3.52. The van der Waals surface area contributed by atoms with Gasteiger partial charge < -0.3 is 10.1 Å². The Kier molecular flexibility index (Phi) is 5.65. The SMILES string of the molecule is Cc1c(C(=O)O[C@@H](C)C(=O)NC(=O)NC(C)(C)C)sc2cccc(F)c12. The molecule has 26 heavy (non-hydrogen) atoms. The first-order valence-electron chi connectivity index (χ1n) is 8.01. The van der Waals surface area contributed by atoms with Crippen LogP contribution in [0.4, 0.5) is 9.18 Å². The second kappa shape index (κ2) is 7.41. The van der Waals surface area contributed by atoms with E-state index in [2.05, 4.69) is 10.6 Å². The van der Waals surface area contributed by atoms with Crippen LogP contribution in [0.2, 0.25) is 0 Å². The molecule has 140 valence electrons. The highest BCUT2D eigenvalue weighted by atomic mass is 32.1. The van der Waals surface area contributed by atoms with Crippen molar-refractivity contribution in [2.24, 2.45) is 0 Å². The van der Waals surface area contributed by atoms with Crippen LogP contribution in [-0.2, 0) is 9.53 Å². The zero-order valence-corrected chi connectivity index (χ0v) is 16.0. The van der Waals surface area contributed by atoms with Gasteiger partial charge in [-0.1, -0.05) is 6.07 Å². The van der Waals surface area contributed by atoms with Crippen LogP contribution in [0.15, 0.2) is 18.2 Å². The lowest BCUT2D eigenvalue weighted by molar-refractivity contribution is -0.127. The summed E-state index contributed by atoms with van der Waals surface area (Å²) in [5.74, 6) is -1.90. The Bertz CT molecular complexity index is 870. The Hall–Kier alpha value is -2.48. The van der Waals surface area contributed by atoms with E-state index in [1.807, 2.05) is 0 Å². The van der Waals surface area contributed by atoms with E-state index in [1.165, 1.54) is 13.0 Å². The van der Waals surface area contributed by atoms with E-state index in [-0.39, 0.29) is 4.88 Å². The van der Waals surface area contributed by atoms with Crippen LogP contribution in [0.25, 0.3) is 10.1 Å². The largest absolute Gasteiger partial charge is 0.448 e. The van der Waals surface area contributed by atoms with E-state index < -0.39 is 35.4 Å². The van der Waals surface area contributed by atoms with Crippen LogP contribution in [0.3, 0.4) is 0 Å². The average molecular weight is 380 g/mol. The normalized spacial score (nSPS) is 12.5. The van der Waals surface area contributed by atoms with Crippen molar-refractivity contribution >= 4 is 39.3 Å². The van der Waals surface area contributed by atoms with Gasteiger partial charge in [0.2, 0.25) is 0 Å². The van der Waals surface area contributed by atoms with E-state index in [0.29, 0.717) is 15.6 Å². The Balaban J connectivity index is 2.07. The zero-order chi connectivity index (χ0) is 19.6. The van der Waals surface area contributed by atoms with Gasteiger partial charge in [0.15, 0.2) is 6.10 Å². The monoisotopic (exact) mass is 380 g/mol. The van der Waals surface area contributed by atoms with Gasteiger partial charge in [-0.2, -0.15) is 0 Å². The second-order valence-electron chi connectivity index (χ2n) is 6.91. The third kappa shape index (κ3) is 4.57. The van der Waals surface area contributed by atoms with Crippen LogP contribution in [-0.4, -0.2) is 29.6 Å². The molecule has 0 unspecified atom stereocenters. The topological polar surface area (TPSA) is 84.5 Å². The van der Waals surface area contributed by atoms with Gasteiger partial charge in [-0.15, -0.1) is 11.3 Å². The number of ether oxygens (including phenoxy) is 1. The molecule has 0 spiro atoms. The number of carbonyl (C=O) groups excluding carboxylic acids is 3. The summed E-state index contributed by atoms with van der Waals surface area (Å²) in [4.78, 5) is 36.3. The number of halogens is 1. The van der Waals surface area contributed by atoms with Crippen molar-refractivity contribution in [3.05, 3.63) is 34.5 Å². The third-order valence-corrected chi connectivity index (χ3v) is 4.70. The maximum absolute atomic E-state index is 13.9. The molecule has 0 bridgehead atoms. The van der Waals surface area contributed by atoms with Gasteiger partial charge in [-0.05, 0) is 52.3 Å². The fourth-order valence-electron chi connectivity index (χ4n) is 2.30. The average Bonchev–Trinajstić information content (AvgIpc) is 2.83. The highest BCUT2D eigenvalue weighted by Gasteiger charge is 2.25. The predicted molar refractivity (Wildman–Crippen MR) is 97.8 cm³/mol. The van der Waals surface area contributed by atoms with Gasteiger partial charge >= 0.3 is 12.0 Å². The number of carbonyl (C=O) groups is 3. The molecular formula is C18H21FN2O4S. The number of imide groups is 1. The van der Waals surface area contributed by atoms with Crippen LogP contribution in [0, 0.1) is 12.7 Å². The lowest BCUT2D eigenvalue weighted by Gasteiger charge is -2.21. The van der Waals surface area contributed by atoms with E-state index >= 15 is 0 Å². The minimum atomic E-state index is -1.18. The van der Waals surface area contributed by atoms with E-state index in [1.54, 1.807) is 39.8 Å². The van der Waals surface area contributed by atoms with Crippen molar-refractivity contribution in [3.8, 4) is 0 Å². The molecule has 0 saturated heterocycles. The summed E-state index contributed by atoms with van der Waals surface area (Å²) in [5, 5.41) is 5.06. The molecule has 1 aromatic heterocycles. The zero-order valence-electron chi connectivity index (χ0n) is 15.2. The van der Waals surface area contributed by atoms with Crippen LogP contribution in [0.1, 0.15) is 42.9 Å². The summed E-state index contributed by atoms with van der Waals surface area (Å²) >= 11 is 1.10. The Morgan fingerprint density at radius 2 is 1.88 bits per heavy atom. The summed E-state index contributed by atoms with van der Waals surface area (Å²) in [7, 11) is 0. The van der Waals surface area contributed by atoms with Gasteiger partial charge in [0.05, 0.1) is 0 Å². The van der Waals surface area contributed by atoms with E-state index in [4.69, 9.17) is 4.74 Å². The minimum absolute atomic E-state index is 0.226. The van der Waals surface area contributed by atoms with Crippen LogP contribution < -0.4 is 10.6 Å². The smallest absolute Gasteiger partial charge is 0.349 e. The molecule has 0 aliphatic rings. The van der Waals surface area contributed by atoms with Gasteiger partial charge in [0.25, 0.3) is 5.91 Å². The lowest BCUT2D eigenvalue weighted by atomic mass is 10.1. The maximum atomic E-state index is 13.9. The highest BCUT2D eigenvalue weighted by molar-refractivity contribution is 7.21. The third-order valence-electron chi connectivity index (χ3n) is 3.47. The maximum Gasteiger partial charge on any atom is 0.349 e. The number of aryl methyl sites for hydroxylation is 1. The standard InChI is InChI=1S/C18H21FN2O4S/c1-9-13-11(19)7-6-8-12(13)26-14(9)16(23)25-10(2)15(22)20-17(24)21-18(3,4)5/h6-8,10H,1-5H3,(H2,20,21,22,24)/t10-/m0/s1. The summed E-state index contributed by atoms with van der Waals surface area (Å²) in [6, 6.07) is 3.92. The van der Waals surface area contributed by atoms with Crippen molar-refractivity contribution < 1.29 is 23.5 Å². The van der Waals surface area contributed by atoms with Crippen molar-refractivity contribution in [2.45, 2.75) is 46.3 Å². The lowest BCUT2D eigenvalue weighted by Crippen LogP contribution is -2.50. The molecule has 0 fully saturated rings. The molecule has 2 N–H and O–H groups in total. The van der Waals surface area contributed by atoms with Gasteiger partial charge in [-0.3, -0.25) is 10.1 Å². The fourth-order valence-corrected chi connectivity index (χ4v) is 3.41. The number of urea groups is 1. The van der Waals surface area contributed by atoms with Gasteiger partial charge in [-0.25, -0.2) is 14.0 Å². The van der Waals surface area contributed by atoms with E-state index in [0.717, 1.165) is 11.3 Å². The summed E-state index contributed by atoms with van der Waals surface area (Å²) < 4.78 is 19.7. The quantitative estimate of drug-likeness (QED) is 0.798. The molecule has 2 rings (SSSR count). The number of amides is 3. The number of esters is 1. The molecule has 0 radical (unpaired) electrons. The molecule has 3 amide bonds. The molecule has 8 heteroatoms. The number of fused-ring (bicyclic) bond motifs is 1. The molecule has 0 aliphatic carbocycles. The molecule has 0 aliphatic heterocycles. The van der Waals surface area contributed by atoms with Crippen LogP contribution >= 0.6 is 11.3 Å².